The molecule has 4 N–H and O–H groups in total. The van der Waals surface area contributed by atoms with Crippen LogP contribution in [0.3, 0.4) is 0 Å². The molecule has 0 heterocycles. The van der Waals surface area contributed by atoms with Gasteiger partial charge in [-0.2, -0.15) is 0 Å². The molecule has 25 heavy (non-hydrogen) atoms. The Hall–Kier alpha value is -2.01. The molecule has 0 saturated heterocycles. The predicted molar refractivity (Wildman–Crippen MR) is 99.5 cm³/mol. The van der Waals surface area contributed by atoms with Gasteiger partial charge in [-0.3, -0.25) is 15.6 Å². The summed E-state index contributed by atoms with van der Waals surface area (Å²) in [6.07, 6.45) is 1.43. The zero-order chi connectivity index (χ0) is 18.9. The lowest BCUT2D eigenvalue weighted by molar-refractivity contribution is 0.0943. The highest BCUT2D eigenvalue weighted by Crippen LogP contribution is 2.11. The van der Waals surface area contributed by atoms with E-state index in [0.717, 1.165) is 0 Å². The Morgan fingerprint density at radius 2 is 2.12 bits per heavy atom. The molecule has 0 aliphatic heterocycles. The second-order valence-electron chi connectivity index (χ2n) is 5.08. The summed E-state index contributed by atoms with van der Waals surface area (Å²) in [4.78, 5) is 12.1. The first-order valence-electron chi connectivity index (χ1n) is 7.36. The van der Waals surface area contributed by atoms with Gasteiger partial charge in [0.1, 0.15) is 0 Å². The molecule has 10 heteroatoms. The molecule has 0 radical (unpaired) electrons. The van der Waals surface area contributed by atoms with Gasteiger partial charge in [0, 0.05) is 25.3 Å². The van der Waals surface area contributed by atoms with Crippen LogP contribution in [0.4, 0.5) is 0 Å². The normalized spacial score (nSPS) is 12.1. The molecule has 0 aliphatic rings. The maximum Gasteiger partial charge on any atom is 0.269 e. The highest BCUT2D eigenvalue weighted by atomic mass is 32.2. The Morgan fingerprint density at radius 1 is 1.40 bits per heavy atom. The topological polar surface area (TPSA) is 109 Å². The lowest BCUT2D eigenvalue weighted by Crippen LogP contribution is -2.49. The second-order valence-corrected chi connectivity index (χ2v) is 7.25. The number of sulfonamides is 1. The molecule has 1 atom stereocenters. The van der Waals surface area contributed by atoms with Gasteiger partial charge in [-0.05, 0) is 37.3 Å². The first-order chi connectivity index (χ1) is 11.8. The van der Waals surface area contributed by atoms with Crippen LogP contribution in [0.1, 0.15) is 17.3 Å². The number of methoxy groups -OCH3 is 1. The van der Waals surface area contributed by atoms with E-state index in [0.29, 0.717) is 6.61 Å². The van der Waals surface area contributed by atoms with Crippen molar-refractivity contribution in [1.29, 1.82) is 0 Å². The molecule has 1 aromatic carbocycles. The first-order valence-corrected chi connectivity index (χ1v) is 9.25. The molecular weight excluding hydrogens is 364 g/mol. The number of hydrogen-bond donors (Lipinski definition) is 4. The number of hydrogen-bond acceptors (Lipinski definition) is 5. The third-order valence-electron chi connectivity index (χ3n) is 2.91. The molecule has 0 aromatic heterocycles. The van der Waals surface area contributed by atoms with Gasteiger partial charge in [-0.1, -0.05) is 12.1 Å². The van der Waals surface area contributed by atoms with Crippen molar-refractivity contribution in [2.75, 3.05) is 20.3 Å². The molecule has 1 amide bonds. The smallest absolute Gasteiger partial charge is 0.269 e. The van der Waals surface area contributed by atoms with E-state index in [4.69, 9.17) is 17.0 Å². The lowest BCUT2D eigenvalue weighted by atomic mass is 10.2. The number of rotatable bonds is 8. The fraction of sp³-hybridized carbons (Fsp3) is 0.333. The summed E-state index contributed by atoms with van der Waals surface area (Å²) in [6, 6.07) is 5.61. The Morgan fingerprint density at radius 3 is 2.76 bits per heavy atom. The summed E-state index contributed by atoms with van der Waals surface area (Å²) in [5.74, 6) is -0.524. The summed E-state index contributed by atoms with van der Waals surface area (Å²) < 4.78 is 31.4. The average molecular weight is 386 g/mol. The van der Waals surface area contributed by atoms with E-state index in [1.54, 1.807) is 7.11 Å². The van der Waals surface area contributed by atoms with Crippen molar-refractivity contribution < 1.29 is 17.9 Å². The molecule has 0 aliphatic carbocycles. The summed E-state index contributed by atoms with van der Waals surface area (Å²) in [5, 5.41) is 3.13. The van der Waals surface area contributed by atoms with Gasteiger partial charge in [0.15, 0.2) is 5.11 Å². The van der Waals surface area contributed by atoms with Gasteiger partial charge in [0.2, 0.25) is 10.0 Å². The van der Waals surface area contributed by atoms with E-state index < -0.39 is 15.9 Å². The van der Waals surface area contributed by atoms with Gasteiger partial charge in [-0.15, -0.1) is 6.58 Å². The monoisotopic (exact) mass is 386 g/mol. The molecule has 1 aromatic rings. The predicted octanol–water partition coefficient (Wildman–Crippen LogP) is 0.295. The number of carbonyl (C=O) groups excluding carboxylic acids is 1. The fourth-order valence-electron chi connectivity index (χ4n) is 1.79. The number of amides is 1. The molecule has 0 saturated carbocycles. The second kappa shape index (κ2) is 10.1. The number of benzene rings is 1. The Kier molecular flexibility index (Phi) is 8.49. The third-order valence-corrected chi connectivity index (χ3v) is 4.55. The number of carbonyl (C=O) groups is 1. The average Bonchev–Trinajstić information content (AvgIpc) is 2.58. The Labute approximate surface area is 153 Å². The van der Waals surface area contributed by atoms with Crippen LogP contribution >= 0.6 is 12.2 Å². The molecule has 0 fully saturated rings. The van der Waals surface area contributed by atoms with Gasteiger partial charge in [0.25, 0.3) is 5.91 Å². The number of ether oxygens (including phenoxy) is 1. The quantitative estimate of drug-likeness (QED) is 0.289. The van der Waals surface area contributed by atoms with Crippen LogP contribution in [0.2, 0.25) is 0 Å². The van der Waals surface area contributed by atoms with Crippen LogP contribution in [-0.4, -0.2) is 45.7 Å². The summed E-state index contributed by atoms with van der Waals surface area (Å²) in [5.41, 5.74) is 5.12. The molecule has 0 spiro atoms. The van der Waals surface area contributed by atoms with E-state index in [1.165, 1.54) is 30.3 Å². The molecule has 0 unspecified atom stereocenters. The Bertz CT molecular complexity index is 722. The minimum absolute atomic E-state index is 0.0172. The van der Waals surface area contributed by atoms with Crippen LogP contribution in [0.5, 0.6) is 0 Å². The van der Waals surface area contributed by atoms with Gasteiger partial charge in [-0.25, -0.2) is 13.1 Å². The van der Waals surface area contributed by atoms with Crippen LogP contribution in [0, 0.1) is 0 Å². The largest absolute Gasteiger partial charge is 0.383 e. The summed E-state index contributed by atoms with van der Waals surface area (Å²) in [7, 11) is -2.13. The number of hydrazine groups is 1. The Balaban J connectivity index is 2.69. The minimum atomic E-state index is -3.71. The van der Waals surface area contributed by atoms with E-state index >= 15 is 0 Å². The first kappa shape index (κ1) is 21.0. The van der Waals surface area contributed by atoms with Gasteiger partial charge < -0.3 is 10.1 Å². The fourth-order valence-corrected chi connectivity index (χ4v) is 3.09. The molecule has 1 rings (SSSR count). The SMILES string of the molecule is C=CCNS(=O)(=O)c1cccc(C(=O)NNC(=S)N[C@H](C)COC)c1. The van der Waals surface area contributed by atoms with Crippen LogP contribution < -0.4 is 20.9 Å². The van der Waals surface area contributed by atoms with Crippen LogP contribution in [-0.2, 0) is 14.8 Å². The minimum Gasteiger partial charge on any atom is -0.383 e. The van der Waals surface area contributed by atoms with Crippen LogP contribution in [0.25, 0.3) is 0 Å². The highest BCUT2D eigenvalue weighted by molar-refractivity contribution is 7.89. The lowest BCUT2D eigenvalue weighted by Gasteiger charge is -2.16. The highest BCUT2D eigenvalue weighted by Gasteiger charge is 2.15. The zero-order valence-electron chi connectivity index (χ0n) is 14.0. The zero-order valence-corrected chi connectivity index (χ0v) is 15.7. The van der Waals surface area contributed by atoms with E-state index in [-0.39, 0.29) is 28.2 Å². The number of thiocarbonyl (C=S) groups is 1. The van der Waals surface area contributed by atoms with Crippen molar-refractivity contribution in [2.45, 2.75) is 17.9 Å². The maximum absolute atomic E-state index is 12.1. The molecule has 138 valence electrons. The van der Waals surface area contributed by atoms with Crippen LogP contribution in [0.15, 0.2) is 41.8 Å². The van der Waals surface area contributed by atoms with Gasteiger partial charge in [0.05, 0.1) is 11.5 Å². The van der Waals surface area contributed by atoms with Crippen molar-refractivity contribution in [2.24, 2.45) is 0 Å². The van der Waals surface area contributed by atoms with Crippen molar-refractivity contribution in [3.05, 3.63) is 42.5 Å². The van der Waals surface area contributed by atoms with Crippen molar-refractivity contribution >= 4 is 33.3 Å². The summed E-state index contributed by atoms with van der Waals surface area (Å²) in [6.45, 7) is 5.86. The van der Waals surface area contributed by atoms with Gasteiger partial charge >= 0.3 is 0 Å². The van der Waals surface area contributed by atoms with E-state index in [2.05, 4.69) is 27.5 Å². The molecule has 8 nitrogen and oxygen atoms in total. The molecule has 0 bridgehead atoms. The van der Waals surface area contributed by atoms with Crippen molar-refractivity contribution in [3.63, 3.8) is 0 Å². The third kappa shape index (κ3) is 7.18. The van der Waals surface area contributed by atoms with Crippen molar-refractivity contribution in [1.82, 2.24) is 20.9 Å². The summed E-state index contributed by atoms with van der Waals surface area (Å²) >= 11 is 5.04. The van der Waals surface area contributed by atoms with Crippen molar-refractivity contribution in [3.8, 4) is 0 Å². The van der Waals surface area contributed by atoms with E-state index in [9.17, 15) is 13.2 Å². The maximum atomic E-state index is 12.1. The van der Waals surface area contributed by atoms with E-state index in [1.807, 2.05) is 6.92 Å². The molecular formula is C15H22N4O4S2. The standard InChI is InChI=1S/C15H22N4O4S2/c1-4-8-16-25(21,22)13-7-5-6-12(9-13)14(20)18-19-15(24)17-11(2)10-23-3/h4-7,9,11,16H,1,8,10H2,2-3H3,(H,18,20)(H2,17,19,24)/t11-/m1/s1. The number of nitrogens with one attached hydrogen (secondary N) is 4.